The fourth-order valence-corrected chi connectivity index (χ4v) is 5.38. The zero-order valence-electron chi connectivity index (χ0n) is 16.2. The van der Waals surface area contributed by atoms with E-state index in [9.17, 15) is 19.5 Å². The lowest BCUT2D eigenvalue weighted by Gasteiger charge is -2.24. The highest BCUT2D eigenvalue weighted by Gasteiger charge is 2.24. The summed E-state index contributed by atoms with van der Waals surface area (Å²) in [6.45, 7) is 2.63. The van der Waals surface area contributed by atoms with Crippen LogP contribution in [0.3, 0.4) is 0 Å². The van der Waals surface area contributed by atoms with Crippen molar-refractivity contribution < 1.29 is 19.8 Å². The number of carbonyl (C=O) groups is 2. The molecule has 2 aromatic rings. The number of carboxylic acids is 2. The van der Waals surface area contributed by atoms with Crippen LogP contribution < -0.4 is 21.9 Å². The highest BCUT2D eigenvalue weighted by Crippen LogP contribution is 2.35. The number of aromatic amines is 1. The Kier molecular flexibility index (Phi) is 6.87. The predicted molar refractivity (Wildman–Crippen MR) is 117 cm³/mol. The molecule has 1 aliphatic heterocycles. The molecule has 0 amide bonds. The van der Waals surface area contributed by atoms with Gasteiger partial charge in [-0.15, -0.1) is 23.1 Å². The number of thiophene rings is 1. The van der Waals surface area contributed by atoms with E-state index >= 15 is 0 Å². The number of rotatable bonds is 9. The number of aromatic nitrogens is 2. The van der Waals surface area contributed by atoms with E-state index in [1.165, 1.54) is 23.1 Å². The Bertz CT molecular complexity index is 1010. The summed E-state index contributed by atoms with van der Waals surface area (Å²) < 4.78 is 0. The van der Waals surface area contributed by atoms with Crippen molar-refractivity contribution in [3.8, 4) is 0 Å². The number of nitrogens with one attached hydrogen (secondary N) is 3. The smallest absolute Gasteiger partial charge is 0.326 e. The fraction of sp³-hybridized carbons (Fsp3) is 0.444. The molecule has 0 unspecified atom stereocenters. The number of carboxylic acid groups (broad SMARTS) is 2. The Morgan fingerprint density at radius 1 is 1.43 bits per heavy atom. The van der Waals surface area contributed by atoms with Crippen molar-refractivity contribution in [3.63, 3.8) is 0 Å². The third-order valence-corrected chi connectivity index (χ3v) is 7.23. The van der Waals surface area contributed by atoms with Crippen molar-refractivity contribution in [1.82, 2.24) is 9.97 Å². The molecule has 0 radical (unpaired) electrons. The average Bonchev–Trinajstić information content (AvgIpc) is 3.02. The fourth-order valence-electron chi connectivity index (χ4n) is 3.12. The Balaban J connectivity index is 1.60. The molecule has 0 saturated carbocycles. The second kappa shape index (κ2) is 9.39. The van der Waals surface area contributed by atoms with Crippen molar-refractivity contribution in [3.05, 3.63) is 26.9 Å². The molecule has 2 aromatic heterocycles. The van der Waals surface area contributed by atoms with E-state index in [1.54, 1.807) is 0 Å². The number of aryl methyl sites for hydroxylation is 2. The van der Waals surface area contributed by atoms with Gasteiger partial charge in [-0.2, -0.15) is 4.98 Å². The van der Waals surface area contributed by atoms with E-state index in [4.69, 9.17) is 10.8 Å². The van der Waals surface area contributed by atoms with Gasteiger partial charge in [0, 0.05) is 23.1 Å². The molecule has 0 aliphatic carbocycles. The Morgan fingerprint density at radius 2 is 2.20 bits per heavy atom. The van der Waals surface area contributed by atoms with Crippen LogP contribution in [-0.2, 0) is 16.0 Å². The molecule has 1 aliphatic rings. The number of fused-ring (bicyclic) bond motifs is 1. The van der Waals surface area contributed by atoms with Gasteiger partial charge in [0.25, 0.3) is 5.56 Å². The minimum atomic E-state index is -1.08. The molecule has 7 N–H and O–H groups in total. The molecule has 0 fully saturated rings. The maximum Gasteiger partial charge on any atom is 0.326 e. The largest absolute Gasteiger partial charge is 0.481 e. The first-order valence-corrected chi connectivity index (χ1v) is 11.0. The SMILES string of the molecule is Cc1cc(N[C@@H](CCC(=O)O)C(=O)O)sc1CC[C@H]1CNc2nc(N)[nH]c(=O)c2S1. The molecular weight excluding hydrogens is 430 g/mol. The molecule has 0 aromatic carbocycles. The highest BCUT2D eigenvalue weighted by molar-refractivity contribution is 8.00. The van der Waals surface area contributed by atoms with Crippen LogP contribution in [0.2, 0.25) is 0 Å². The minimum absolute atomic E-state index is 0.00777. The molecular formula is C18H23N5O5S2. The molecule has 10 nitrogen and oxygen atoms in total. The maximum atomic E-state index is 12.1. The van der Waals surface area contributed by atoms with E-state index < -0.39 is 18.0 Å². The van der Waals surface area contributed by atoms with E-state index in [0.717, 1.165) is 23.3 Å². The van der Waals surface area contributed by atoms with Gasteiger partial charge in [-0.3, -0.25) is 14.6 Å². The monoisotopic (exact) mass is 453 g/mol. The molecule has 2 atom stereocenters. The van der Waals surface area contributed by atoms with Crippen LogP contribution in [0, 0.1) is 6.92 Å². The lowest BCUT2D eigenvalue weighted by molar-refractivity contribution is -0.139. The Morgan fingerprint density at radius 3 is 2.90 bits per heavy atom. The summed E-state index contributed by atoms with van der Waals surface area (Å²) in [5.41, 5.74) is 6.37. The molecule has 0 bridgehead atoms. The summed E-state index contributed by atoms with van der Waals surface area (Å²) in [6.07, 6.45) is 1.39. The zero-order chi connectivity index (χ0) is 21.8. The summed E-state index contributed by atoms with van der Waals surface area (Å²) in [6, 6.07) is 0.934. The zero-order valence-corrected chi connectivity index (χ0v) is 17.9. The average molecular weight is 454 g/mol. The molecule has 3 heterocycles. The molecule has 0 spiro atoms. The van der Waals surface area contributed by atoms with Crippen LogP contribution in [0.1, 0.15) is 29.7 Å². The number of H-pyrrole nitrogens is 1. The van der Waals surface area contributed by atoms with E-state index in [0.29, 0.717) is 22.3 Å². The van der Waals surface area contributed by atoms with Gasteiger partial charge in [0.05, 0.1) is 5.00 Å². The first kappa shape index (κ1) is 22.0. The van der Waals surface area contributed by atoms with Crippen molar-refractivity contribution in [2.75, 3.05) is 22.9 Å². The summed E-state index contributed by atoms with van der Waals surface area (Å²) in [4.78, 5) is 42.5. The van der Waals surface area contributed by atoms with Gasteiger partial charge in [-0.25, -0.2) is 4.79 Å². The third-order valence-electron chi connectivity index (χ3n) is 4.65. The van der Waals surface area contributed by atoms with Crippen LogP contribution >= 0.6 is 23.1 Å². The number of anilines is 3. The number of nitrogens with two attached hydrogens (primary N) is 1. The molecule has 0 saturated heterocycles. The quantitative estimate of drug-likeness (QED) is 0.330. The van der Waals surface area contributed by atoms with Gasteiger partial charge < -0.3 is 26.6 Å². The lowest BCUT2D eigenvalue weighted by atomic mass is 10.1. The second-order valence-corrected chi connectivity index (χ2v) is 9.42. The maximum absolute atomic E-state index is 12.1. The van der Waals surface area contributed by atoms with Crippen LogP contribution in [0.25, 0.3) is 0 Å². The van der Waals surface area contributed by atoms with E-state index in [-0.39, 0.29) is 29.6 Å². The van der Waals surface area contributed by atoms with E-state index in [1.807, 2.05) is 13.0 Å². The van der Waals surface area contributed by atoms with Crippen molar-refractivity contribution in [2.45, 2.75) is 48.8 Å². The van der Waals surface area contributed by atoms with Crippen LogP contribution in [0.4, 0.5) is 16.8 Å². The number of nitrogens with zero attached hydrogens (tertiary/aromatic N) is 1. The van der Waals surface area contributed by atoms with Crippen LogP contribution in [0.15, 0.2) is 15.8 Å². The summed E-state index contributed by atoms with van der Waals surface area (Å²) >= 11 is 2.95. The topological polar surface area (TPSA) is 170 Å². The van der Waals surface area contributed by atoms with Crippen LogP contribution in [-0.4, -0.2) is 50.0 Å². The van der Waals surface area contributed by atoms with Gasteiger partial charge in [-0.1, -0.05) is 0 Å². The summed E-state index contributed by atoms with van der Waals surface area (Å²) in [5, 5.41) is 25.1. The highest BCUT2D eigenvalue weighted by atomic mass is 32.2. The number of nitrogen functional groups attached to an aromatic ring is 1. The normalized spacial score (nSPS) is 16.4. The molecule has 3 rings (SSSR count). The van der Waals surface area contributed by atoms with E-state index in [2.05, 4.69) is 20.6 Å². The van der Waals surface area contributed by atoms with Crippen molar-refractivity contribution >= 4 is 51.8 Å². The number of thioether (sulfide) groups is 1. The minimum Gasteiger partial charge on any atom is -0.481 e. The Hall–Kier alpha value is -2.73. The first-order chi connectivity index (χ1) is 14.2. The van der Waals surface area contributed by atoms with Gasteiger partial charge in [-0.05, 0) is 37.8 Å². The summed E-state index contributed by atoms with van der Waals surface area (Å²) in [5.74, 6) is -1.51. The number of hydrogen-bond acceptors (Lipinski definition) is 9. The predicted octanol–water partition coefficient (Wildman–Crippen LogP) is 1.97. The summed E-state index contributed by atoms with van der Waals surface area (Å²) in [7, 11) is 0. The third kappa shape index (κ3) is 5.45. The number of hydrogen-bond donors (Lipinski definition) is 6. The van der Waals surface area contributed by atoms with Gasteiger partial charge >= 0.3 is 11.9 Å². The van der Waals surface area contributed by atoms with Gasteiger partial charge in [0.2, 0.25) is 5.95 Å². The molecule has 12 heteroatoms. The van der Waals surface area contributed by atoms with Crippen LogP contribution in [0.5, 0.6) is 0 Å². The second-order valence-electron chi connectivity index (χ2n) is 6.97. The van der Waals surface area contributed by atoms with Gasteiger partial charge in [0.1, 0.15) is 16.8 Å². The molecule has 162 valence electrons. The van der Waals surface area contributed by atoms with Gasteiger partial charge in [0.15, 0.2) is 0 Å². The standard InChI is InChI=1S/C18H23N5O5S2/c1-8-6-12(21-10(17(27)28)3-5-13(24)25)30-11(8)4-2-9-7-20-15-14(29-9)16(26)23-18(19)22-15/h6,9-10,21H,2-5,7H2,1H3,(H,24,25)(H,27,28)(H4,19,20,22,23,26)/t9-,10-/m0/s1. The molecule has 30 heavy (non-hydrogen) atoms. The van der Waals surface area contributed by atoms with Crippen molar-refractivity contribution in [2.24, 2.45) is 0 Å². The Labute approximate surface area is 180 Å². The van der Waals surface area contributed by atoms with Crippen molar-refractivity contribution in [1.29, 1.82) is 0 Å². The number of aliphatic carboxylic acids is 2. The first-order valence-electron chi connectivity index (χ1n) is 9.33. The lowest BCUT2D eigenvalue weighted by Crippen LogP contribution is -2.29.